The number of nitrogens with zero attached hydrogens (tertiary/aromatic N) is 3. The summed E-state index contributed by atoms with van der Waals surface area (Å²) in [4.78, 5) is 8.17. The van der Waals surface area contributed by atoms with Gasteiger partial charge in [-0.2, -0.15) is 10.2 Å². The van der Waals surface area contributed by atoms with Crippen LogP contribution in [0.2, 0.25) is 5.02 Å². The van der Waals surface area contributed by atoms with Crippen LogP contribution in [0.25, 0.3) is 0 Å². The highest BCUT2D eigenvalue weighted by molar-refractivity contribution is 6.33. The molecule has 96 valence electrons. The molecular weight excluding hydrogens is 264 g/mol. The van der Waals surface area contributed by atoms with Crippen molar-refractivity contribution in [1.82, 2.24) is 9.97 Å². The Morgan fingerprint density at radius 3 is 2.84 bits per heavy atom. The summed E-state index contributed by atoms with van der Waals surface area (Å²) in [6, 6.07) is 7.00. The average molecular weight is 275 g/mol. The lowest BCUT2D eigenvalue weighted by molar-refractivity contribution is 1.09. The number of nitrogen functional groups attached to an aromatic ring is 1. The van der Waals surface area contributed by atoms with Gasteiger partial charge >= 0.3 is 0 Å². The fourth-order valence-electron chi connectivity index (χ4n) is 1.45. The third-order valence-electron chi connectivity index (χ3n) is 2.45. The molecule has 7 heteroatoms. The van der Waals surface area contributed by atoms with Gasteiger partial charge in [0.15, 0.2) is 0 Å². The quantitative estimate of drug-likeness (QED) is 0.587. The SMILES string of the molecule is Cc1cnc(NN)nc1Nc1ccc(C#N)cc1Cl. The predicted molar refractivity (Wildman–Crippen MR) is 74.0 cm³/mol. The minimum absolute atomic E-state index is 0.304. The summed E-state index contributed by atoms with van der Waals surface area (Å²) in [5, 5.41) is 12.3. The van der Waals surface area contributed by atoms with Crippen molar-refractivity contribution in [2.75, 3.05) is 10.7 Å². The van der Waals surface area contributed by atoms with Crippen molar-refractivity contribution in [3.63, 3.8) is 0 Å². The molecular formula is C12H11ClN6. The van der Waals surface area contributed by atoms with Crippen LogP contribution in [0.15, 0.2) is 24.4 Å². The molecule has 0 aliphatic carbocycles. The van der Waals surface area contributed by atoms with Crippen LogP contribution >= 0.6 is 11.6 Å². The number of nitrogens with one attached hydrogen (secondary N) is 2. The van der Waals surface area contributed by atoms with Gasteiger partial charge in [0.2, 0.25) is 5.95 Å². The molecule has 2 rings (SSSR count). The Bertz CT molecular complexity index is 649. The molecule has 0 fully saturated rings. The van der Waals surface area contributed by atoms with Crippen LogP contribution < -0.4 is 16.6 Å². The third-order valence-corrected chi connectivity index (χ3v) is 2.76. The van der Waals surface area contributed by atoms with Gasteiger partial charge in [-0.3, -0.25) is 5.43 Å². The summed E-state index contributed by atoms with van der Waals surface area (Å²) in [5.41, 5.74) is 4.38. The molecule has 0 saturated carbocycles. The van der Waals surface area contributed by atoms with Crippen molar-refractivity contribution in [2.24, 2.45) is 5.84 Å². The van der Waals surface area contributed by atoms with Gasteiger partial charge in [-0.1, -0.05) is 11.6 Å². The fraction of sp³-hybridized carbons (Fsp3) is 0.0833. The first-order valence-electron chi connectivity index (χ1n) is 5.41. The molecule has 0 bridgehead atoms. The second kappa shape index (κ2) is 5.52. The van der Waals surface area contributed by atoms with Gasteiger partial charge in [-0.05, 0) is 25.1 Å². The van der Waals surface area contributed by atoms with E-state index < -0.39 is 0 Å². The normalized spacial score (nSPS) is 9.79. The molecule has 0 radical (unpaired) electrons. The van der Waals surface area contributed by atoms with Crippen LogP contribution in [-0.2, 0) is 0 Å². The molecule has 0 aliphatic heterocycles. The van der Waals surface area contributed by atoms with E-state index in [1.807, 2.05) is 13.0 Å². The van der Waals surface area contributed by atoms with Gasteiger partial charge in [-0.15, -0.1) is 0 Å². The third kappa shape index (κ3) is 2.91. The van der Waals surface area contributed by atoms with Gasteiger partial charge in [0.1, 0.15) is 5.82 Å². The van der Waals surface area contributed by atoms with Crippen molar-refractivity contribution in [2.45, 2.75) is 6.92 Å². The Morgan fingerprint density at radius 1 is 1.42 bits per heavy atom. The molecule has 1 aromatic carbocycles. The Morgan fingerprint density at radius 2 is 2.21 bits per heavy atom. The van der Waals surface area contributed by atoms with Gasteiger partial charge in [0.05, 0.1) is 22.3 Å². The summed E-state index contributed by atoms with van der Waals surface area (Å²) in [5.74, 6) is 6.16. The molecule has 0 spiro atoms. The summed E-state index contributed by atoms with van der Waals surface area (Å²) in [6.07, 6.45) is 1.64. The number of aryl methyl sites for hydroxylation is 1. The Kier molecular flexibility index (Phi) is 3.80. The number of nitrogens with two attached hydrogens (primary N) is 1. The Labute approximate surface area is 115 Å². The topological polar surface area (TPSA) is 99.7 Å². The van der Waals surface area contributed by atoms with Crippen molar-refractivity contribution in [1.29, 1.82) is 5.26 Å². The summed E-state index contributed by atoms with van der Waals surface area (Å²) in [6.45, 7) is 1.86. The van der Waals surface area contributed by atoms with E-state index in [0.29, 0.717) is 28.0 Å². The van der Waals surface area contributed by atoms with E-state index in [1.165, 1.54) is 0 Å². The number of hydrogen-bond donors (Lipinski definition) is 3. The van der Waals surface area contributed by atoms with Crippen LogP contribution in [0.4, 0.5) is 17.5 Å². The molecule has 1 aromatic heterocycles. The van der Waals surface area contributed by atoms with E-state index in [9.17, 15) is 0 Å². The number of aromatic nitrogens is 2. The number of hydrazine groups is 1. The second-order valence-electron chi connectivity index (χ2n) is 3.80. The minimum atomic E-state index is 0.304. The van der Waals surface area contributed by atoms with Crippen LogP contribution in [0, 0.1) is 18.3 Å². The average Bonchev–Trinajstić information content (AvgIpc) is 2.43. The van der Waals surface area contributed by atoms with Crippen molar-refractivity contribution in [3.8, 4) is 6.07 Å². The lowest BCUT2D eigenvalue weighted by Gasteiger charge is -2.11. The smallest absolute Gasteiger partial charge is 0.239 e. The van der Waals surface area contributed by atoms with E-state index in [-0.39, 0.29) is 0 Å². The number of hydrogen-bond acceptors (Lipinski definition) is 6. The molecule has 0 atom stereocenters. The highest BCUT2D eigenvalue weighted by atomic mass is 35.5. The van der Waals surface area contributed by atoms with E-state index in [0.717, 1.165) is 5.56 Å². The number of halogens is 1. The van der Waals surface area contributed by atoms with E-state index >= 15 is 0 Å². The lowest BCUT2D eigenvalue weighted by Crippen LogP contribution is -2.11. The standard InChI is InChI=1S/C12H11ClN6/c1-7-6-16-12(19-15)18-11(7)17-10-3-2-8(5-14)4-9(10)13/h2-4,6H,15H2,1H3,(H2,16,17,18,19). The molecule has 19 heavy (non-hydrogen) atoms. The highest BCUT2D eigenvalue weighted by Crippen LogP contribution is 2.27. The molecule has 0 aliphatic rings. The molecule has 0 unspecified atom stereocenters. The summed E-state index contributed by atoms with van der Waals surface area (Å²) < 4.78 is 0. The zero-order valence-electron chi connectivity index (χ0n) is 10.1. The van der Waals surface area contributed by atoms with E-state index in [1.54, 1.807) is 24.4 Å². The van der Waals surface area contributed by atoms with Crippen LogP contribution in [0.1, 0.15) is 11.1 Å². The van der Waals surface area contributed by atoms with Gasteiger partial charge in [0, 0.05) is 11.8 Å². The molecule has 0 amide bonds. The van der Waals surface area contributed by atoms with Crippen LogP contribution in [-0.4, -0.2) is 9.97 Å². The van der Waals surface area contributed by atoms with Crippen molar-refractivity contribution in [3.05, 3.63) is 40.5 Å². The fourth-order valence-corrected chi connectivity index (χ4v) is 1.68. The first kappa shape index (κ1) is 13.1. The Balaban J connectivity index is 2.33. The minimum Gasteiger partial charge on any atom is -0.339 e. The molecule has 2 aromatic rings. The largest absolute Gasteiger partial charge is 0.339 e. The van der Waals surface area contributed by atoms with Gasteiger partial charge in [0.25, 0.3) is 0 Å². The first-order valence-corrected chi connectivity index (χ1v) is 5.78. The lowest BCUT2D eigenvalue weighted by atomic mass is 10.2. The number of nitriles is 1. The maximum atomic E-state index is 8.78. The zero-order valence-corrected chi connectivity index (χ0v) is 10.9. The molecule has 1 heterocycles. The van der Waals surface area contributed by atoms with E-state index in [2.05, 4.69) is 20.7 Å². The van der Waals surface area contributed by atoms with E-state index in [4.69, 9.17) is 22.7 Å². The number of anilines is 3. The molecule has 0 saturated heterocycles. The second-order valence-corrected chi connectivity index (χ2v) is 4.21. The van der Waals surface area contributed by atoms with Crippen molar-refractivity contribution >= 4 is 29.1 Å². The first-order chi connectivity index (χ1) is 9.13. The molecule has 6 nitrogen and oxygen atoms in total. The van der Waals surface area contributed by atoms with Crippen LogP contribution in [0.5, 0.6) is 0 Å². The molecule has 4 N–H and O–H groups in total. The predicted octanol–water partition coefficient (Wildman–Crippen LogP) is 2.34. The summed E-state index contributed by atoms with van der Waals surface area (Å²) >= 11 is 6.09. The van der Waals surface area contributed by atoms with Gasteiger partial charge < -0.3 is 5.32 Å². The van der Waals surface area contributed by atoms with Gasteiger partial charge in [-0.25, -0.2) is 10.8 Å². The monoisotopic (exact) mass is 274 g/mol. The zero-order chi connectivity index (χ0) is 13.8. The number of benzene rings is 1. The maximum Gasteiger partial charge on any atom is 0.239 e. The summed E-state index contributed by atoms with van der Waals surface area (Å²) in [7, 11) is 0. The highest BCUT2D eigenvalue weighted by Gasteiger charge is 2.07. The van der Waals surface area contributed by atoms with Crippen molar-refractivity contribution < 1.29 is 0 Å². The Hall–Kier alpha value is -2.36. The maximum absolute atomic E-state index is 8.78. The number of rotatable bonds is 3. The van der Waals surface area contributed by atoms with Crippen LogP contribution in [0.3, 0.4) is 0 Å².